The quantitative estimate of drug-likeness (QED) is 0.665. The fourth-order valence-electron chi connectivity index (χ4n) is 0.797. The summed E-state index contributed by atoms with van der Waals surface area (Å²) in [6, 6.07) is -0.620. The molecule has 0 radical (unpaired) electrons. The van der Waals surface area contributed by atoms with E-state index < -0.39 is 21.8 Å². The Morgan fingerprint density at radius 2 is 2.07 bits per heavy atom. The number of carbonyl (C=O) groups excluding carboxylic acids is 1. The van der Waals surface area contributed by atoms with Gasteiger partial charge in [-0.1, -0.05) is 13.0 Å². The molecule has 0 spiro atoms. The molecule has 0 unspecified atom stereocenters. The van der Waals surface area contributed by atoms with E-state index >= 15 is 0 Å². The third kappa shape index (κ3) is 7.10. The van der Waals surface area contributed by atoms with E-state index in [0.29, 0.717) is 6.61 Å². The summed E-state index contributed by atoms with van der Waals surface area (Å²) < 4.78 is 26.8. The Hall–Kier alpha value is -0.880. The van der Waals surface area contributed by atoms with Gasteiger partial charge in [0.15, 0.2) is 9.84 Å². The minimum Gasteiger partial charge on any atom is -0.466 e. The van der Waals surface area contributed by atoms with E-state index in [0.717, 1.165) is 5.41 Å². The molecule has 0 aliphatic rings. The van der Waals surface area contributed by atoms with Crippen molar-refractivity contribution < 1.29 is 17.9 Å². The van der Waals surface area contributed by atoms with Crippen LogP contribution in [0.3, 0.4) is 0 Å². The second kappa shape index (κ2) is 6.58. The molecule has 0 aromatic rings. The van der Waals surface area contributed by atoms with Crippen LogP contribution >= 0.6 is 0 Å². The number of rotatable bonds is 6. The maximum atomic E-state index is 11.1. The summed E-state index contributed by atoms with van der Waals surface area (Å²) >= 11 is 0. The SMILES string of the molecule is CCOC(=O)C[C@H](N)C=CS(=O)(=O)CC. The Bertz CT molecular complexity index is 321. The normalized spacial score (nSPS) is 14.1. The van der Waals surface area contributed by atoms with Gasteiger partial charge in [0.05, 0.1) is 18.8 Å². The van der Waals surface area contributed by atoms with Gasteiger partial charge in [0.2, 0.25) is 0 Å². The molecule has 0 rings (SSSR count). The highest BCUT2D eigenvalue weighted by Crippen LogP contribution is 1.98. The molecule has 2 N–H and O–H groups in total. The van der Waals surface area contributed by atoms with Crippen LogP contribution in [0.4, 0.5) is 0 Å². The van der Waals surface area contributed by atoms with E-state index in [1.165, 1.54) is 13.0 Å². The molecule has 0 fully saturated rings. The molecular formula is C9H17NO4S. The first-order valence-electron chi connectivity index (χ1n) is 4.73. The number of carbonyl (C=O) groups is 1. The first-order chi connectivity index (χ1) is 6.91. The molecule has 1 atom stereocenters. The Balaban J connectivity index is 4.15. The summed E-state index contributed by atoms with van der Waals surface area (Å²) in [4.78, 5) is 11.0. The van der Waals surface area contributed by atoms with Crippen LogP contribution in [0.5, 0.6) is 0 Å². The molecule has 0 aliphatic heterocycles. The largest absolute Gasteiger partial charge is 0.466 e. The van der Waals surface area contributed by atoms with Gasteiger partial charge in [-0.15, -0.1) is 0 Å². The van der Waals surface area contributed by atoms with Crippen LogP contribution in [-0.4, -0.2) is 32.8 Å². The Kier molecular flexibility index (Phi) is 6.19. The van der Waals surface area contributed by atoms with Gasteiger partial charge in [-0.2, -0.15) is 0 Å². The highest BCUT2D eigenvalue weighted by Gasteiger charge is 2.08. The van der Waals surface area contributed by atoms with Gasteiger partial charge < -0.3 is 10.5 Å². The monoisotopic (exact) mass is 235 g/mol. The number of sulfone groups is 1. The first kappa shape index (κ1) is 14.1. The first-order valence-corrected chi connectivity index (χ1v) is 6.45. The fourth-order valence-corrected chi connectivity index (χ4v) is 1.43. The molecule has 6 heteroatoms. The Morgan fingerprint density at radius 1 is 1.47 bits per heavy atom. The van der Waals surface area contributed by atoms with Crippen LogP contribution in [0.25, 0.3) is 0 Å². The van der Waals surface area contributed by atoms with Gasteiger partial charge in [0.1, 0.15) is 0 Å². The van der Waals surface area contributed by atoms with Crippen molar-refractivity contribution in [3.05, 3.63) is 11.5 Å². The lowest BCUT2D eigenvalue weighted by molar-refractivity contribution is -0.143. The predicted octanol–water partition coefficient (Wildman–Crippen LogP) is 0.215. The smallest absolute Gasteiger partial charge is 0.307 e. The van der Waals surface area contributed by atoms with Crippen molar-refractivity contribution in [3.8, 4) is 0 Å². The van der Waals surface area contributed by atoms with Gasteiger partial charge in [-0.3, -0.25) is 4.79 Å². The van der Waals surface area contributed by atoms with E-state index in [9.17, 15) is 13.2 Å². The summed E-state index contributed by atoms with van der Waals surface area (Å²) in [5.41, 5.74) is 5.51. The number of hydrogen-bond donors (Lipinski definition) is 1. The van der Waals surface area contributed by atoms with Crippen LogP contribution in [0.1, 0.15) is 20.3 Å². The predicted molar refractivity (Wildman–Crippen MR) is 57.8 cm³/mol. The third-order valence-electron chi connectivity index (χ3n) is 1.64. The molecule has 0 aromatic heterocycles. The molecule has 0 saturated carbocycles. The average Bonchev–Trinajstić information content (AvgIpc) is 2.15. The summed E-state index contributed by atoms with van der Waals surface area (Å²) in [7, 11) is -3.18. The van der Waals surface area contributed by atoms with Crippen molar-refractivity contribution in [1.29, 1.82) is 0 Å². The van der Waals surface area contributed by atoms with Gasteiger partial charge in [-0.25, -0.2) is 8.42 Å². The molecule has 0 heterocycles. The average molecular weight is 235 g/mol. The fraction of sp³-hybridized carbons (Fsp3) is 0.667. The van der Waals surface area contributed by atoms with Crippen LogP contribution < -0.4 is 5.73 Å². The van der Waals surface area contributed by atoms with E-state index in [1.54, 1.807) is 6.92 Å². The topological polar surface area (TPSA) is 86.5 Å². The van der Waals surface area contributed by atoms with Crippen LogP contribution in [0, 0.1) is 0 Å². The maximum absolute atomic E-state index is 11.1. The minimum atomic E-state index is -3.18. The number of esters is 1. The van der Waals surface area contributed by atoms with E-state index in [-0.39, 0.29) is 12.2 Å². The van der Waals surface area contributed by atoms with E-state index in [1.807, 2.05) is 0 Å². The zero-order valence-corrected chi connectivity index (χ0v) is 9.79. The zero-order valence-electron chi connectivity index (χ0n) is 8.97. The number of nitrogens with two attached hydrogens (primary N) is 1. The lowest BCUT2D eigenvalue weighted by Crippen LogP contribution is -2.23. The summed E-state index contributed by atoms with van der Waals surface area (Å²) in [6.45, 7) is 3.53. The highest BCUT2D eigenvalue weighted by atomic mass is 32.2. The van der Waals surface area contributed by atoms with Gasteiger partial charge in [0, 0.05) is 11.4 Å². The number of ether oxygens (including phenoxy) is 1. The molecule has 88 valence electrons. The molecule has 0 aliphatic carbocycles. The lowest BCUT2D eigenvalue weighted by Gasteiger charge is -2.05. The second-order valence-electron chi connectivity index (χ2n) is 2.95. The minimum absolute atomic E-state index is 0.0103. The van der Waals surface area contributed by atoms with Gasteiger partial charge >= 0.3 is 5.97 Å². The van der Waals surface area contributed by atoms with Crippen molar-refractivity contribution in [3.63, 3.8) is 0 Å². The van der Waals surface area contributed by atoms with Crippen molar-refractivity contribution in [2.24, 2.45) is 5.73 Å². The maximum Gasteiger partial charge on any atom is 0.307 e. The Morgan fingerprint density at radius 3 is 2.53 bits per heavy atom. The summed E-state index contributed by atoms with van der Waals surface area (Å²) in [6.07, 6.45) is 1.29. The summed E-state index contributed by atoms with van der Waals surface area (Å²) in [5, 5.41) is 1.04. The number of hydrogen-bond acceptors (Lipinski definition) is 5. The van der Waals surface area contributed by atoms with Crippen molar-refractivity contribution in [2.75, 3.05) is 12.4 Å². The molecule has 15 heavy (non-hydrogen) atoms. The van der Waals surface area contributed by atoms with Crippen molar-refractivity contribution in [1.82, 2.24) is 0 Å². The standard InChI is InChI=1S/C9H17NO4S/c1-3-14-9(11)7-8(10)5-6-15(12,13)4-2/h5-6,8H,3-4,7,10H2,1-2H3/t8-/m1/s1. The van der Waals surface area contributed by atoms with Crippen molar-refractivity contribution >= 4 is 15.8 Å². The molecule has 0 saturated heterocycles. The molecule has 0 aromatic carbocycles. The highest BCUT2D eigenvalue weighted by molar-refractivity contribution is 7.94. The molecule has 5 nitrogen and oxygen atoms in total. The van der Waals surface area contributed by atoms with E-state index in [4.69, 9.17) is 5.73 Å². The van der Waals surface area contributed by atoms with Crippen LogP contribution in [-0.2, 0) is 19.4 Å². The molecular weight excluding hydrogens is 218 g/mol. The van der Waals surface area contributed by atoms with Crippen LogP contribution in [0.15, 0.2) is 11.5 Å². The van der Waals surface area contributed by atoms with Gasteiger partial charge in [0.25, 0.3) is 0 Å². The molecule has 0 amide bonds. The Labute approximate surface area is 90.2 Å². The molecule has 0 bridgehead atoms. The lowest BCUT2D eigenvalue weighted by atomic mass is 10.2. The summed E-state index contributed by atoms with van der Waals surface area (Å²) in [5.74, 6) is -0.404. The van der Waals surface area contributed by atoms with Gasteiger partial charge in [-0.05, 0) is 6.92 Å². The van der Waals surface area contributed by atoms with Crippen molar-refractivity contribution in [2.45, 2.75) is 26.3 Å². The van der Waals surface area contributed by atoms with Crippen LogP contribution in [0.2, 0.25) is 0 Å². The van der Waals surface area contributed by atoms with E-state index in [2.05, 4.69) is 4.74 Å². The second-order valence-corrected chi connectivity index (χ2v) is 5.13. The zero-order chi connectivity index (χ0) is 11.9. The third-order valence-corrected chi connectivity index (χ3v) is 3.02.